The van der Waals surface area contributed by atoms with Gasteiger partial charge in [-0.25, -0.2) is 0 Å². The average molecular weight is 302 g/mol. The summed E-state index contributed by atoms with van der Waals surface area (Å²) in [6.07, 6.45) is 2.63. The molecule has 4 N–H and O–H groups in total. The molecule has 0 saturated carbocycles. The van der Waals surface area contributed by atoms with E-state index in [1.165, 1.54) is 4.90 Å². The van der Waals surface area contributed by atoms with E-state index in [1.807, 2.05) is 30.5 Å². The van der Waals surface area contributed by atoms with Crippen molar-refractivity contribution in [2.75, 3.05) is 20.6 Å². The summed E-state index contributed by atoms with van der Waals surface area (Å²) in [5, 5.41) is 3.61. The number of benzene rings is 1. The van der Waals surface area contributed by atoms with Gasteiger partial charge >= 0.3 is 0 Å². The van der Waals surface area contributed by atoms with E-state index >= 15 is 0 Å². The Balaban J connectivity index is 1.97. The van der Waals surface area contributed by atoms with Gasteiger partial charge in [0.1, 0.15) is 0 Å². The summed E-state index contributed by atoms with van der Waals surface area (Å²) in [6, 6.07) is 7.30. The number of nitrogens with two attached hydrogens (primary N) is 1. The molecule has 0 aliphatic carbocycles. The lowest BCUT2D eigenvalue weighted by atomic mass is 10.0. The van der Waals surface area contributed by atoms with Crippen LogP contribution in [0.15, 0.2) is 30.5 Å². The van der Waals surface area contributed by atoms with Crippen molar-refractivity contribution in [2.45, 2.75) is 18.9 Å². The zero-order chi connectivity index (χ0) is 16.1. The van der Waals surface area contributed by atoms with Crippen LogP contribution in [-0.4, -0.2) is 48.4 Å². The van der Waals surface area contributed by atoms with Gasteiger partial charge in [0.05, 0.1) is 6.04 Å². The van der Waals surface area contributed by atoms with E-state index < -0.39 is 6.04 Å². The monoisotopic (exact) mass is 302 g/mol. The molecule has 0 radical (unpaired) electrons. The van der Waals surface area contributed by atoms with Gasteiger partial charge in [-0.3, -0.25) is 9.59 Å². The van der Waals surface area contributed by atoms with Crippen LogP contribution < -0.4 is 11.1 Å². The zero-order valence-electron chi connectivity index (χ0n) is 12.9. The van der Waals surface area contributed by atoms with E-state index in [2.05, 4.69) is 10.3 Å². The van der Waals surface area contributed by atoms with Crippen LogP contribution in [0.4, 0.5) is 0 Å². The molecule has 0 spiro atoms. The predicted octanol–water partition coefficient (Wildman–Crippen LogP) is 0.632. The molecule has 2 amide bonds. The molecule has 1 atom stereocenters. The molecular formula is C16H22N4O2. The number of hydrogen-bond donors (Lipinski definition) is 3. The molecule has 6 nitrogen and oxygen atoms in total. The van der Waals surface area contributed by atoms with Crippen LogP contribution in [0.2, 0.25) is 0 Å². The molecule has 1 heterocycles. The molecule has 0 aliphatic heterocycles. The number of H-pyrrole nitrogens is 1. The van der Waals surface area contributed by atoms with Crippen molar-refractivity contribution in [1.29, 1.82) is 0 Å². The van der Waals surface area contributed by atoms with Crippen molar-refractivity contribution in [3.8, 4) is 0 Å². The average Bonchev–Trinajstić information content (AvgIpc) is 2.94. The van der Waals surface area contributed by atoms with Gasteiger partial charge in [-0.05, 0) is 18.1 Å². The Morgan fingerprint density at radius 1 is 1.36 bits per heavy atom. The predicted molar refractivity (Wildman–Crippen MR) is 86.3 cm³/mol. The molecule has 6 heteroatoms. The number of fused-ring (bicyclic) bond motifs is 1. The van der Waals surface area contributed by atoms with E-state index in [4.69, 9.17) is 5.73 Å². The number of hydrogen-bond acceptors (Lipinski definition) is 3. The number of para-hydroxylation sites is 1. The SMILES string of the molecule is CNC(=O)CCN(C)C(=O)[C@@H](N)Cc1c[nH]c2ccccc12. The second-order valence-corrected chi connectivity index (χ2v) is 5.35. The number of amides is 2. The van der Waals surface area contributed by atoms with Gasteiger partial charge in [-0.2, -0.15) is 0 Å². The fourth-order valence-corrected chi connectivity index (χ4v) is 2.41. The highest BCUT2D eigenvalue weighted by Gasteiger charge is 2.20. The summed E-state index contributed by atoms with van der Waals surface area (Å²) in [7, 11) is 3.24. The van der Waals surface area contributed by atoms with E-state index in [-0.39, 0.29) is 18.2 Å². The molecule has 118 valence electrons. The van der Waals surface area contributed by atoms with Crippen molar-refractivity contribution in [3.63, 3.8) is 0 Å². The highest BCUT2D eigenvalue weighted by Crippen LogP contribution is 2.19. The van der Waals surface area contributed by atoms with E-state index in [9.17, 15) is 9.59 Å². The Bertz CT molecular complexity index is 665. The Kier molecular flexibility index (Phi) is 5.16. The van der Waals surface area contributed by atoms with E-state index in [0.717, 1.165) is 16.5 Å². The normalized spacial score (nSPS) is 12.1. The third-order valence-electron chi connectivity index (χ3n) is 3.76. The first-order valence-electron chi connectivity index (χ1n) is 7.29. The standard InChI is InChI=1S/C16H22N4O2/c1-18-15(21)7-8-20(2)16(22)13(17)9-11-10-19-14-6-4-3-5-12(11)14/h3-6,10,13,19H,7-9,17H2,1-2H3,(H,18,21)/t13-/m0/s1. The topological polar surface area (TPSA) is 91.2 Å². The fourth-order valence-electron chi connectivity index (χ4n) is 2.41. The summed E-state index contributed by atoms with van der Waals surface area (Å²) in [5.74, 6) is -0.251. The Morgan fingerprint density at radius 2 is 2.09 bits per heavy atom. The third-order valence-corrected chi connectivity index (χ3v) is 3.76. The molecular weight excluding hydrogens is 280 g/mol. The summed E-state index contributed by atoms with van der Waals surface area (Å²) in [5.41, 5.74) is 8.09. The Morgan fingerprint density at radius 3 is 2.82 bits per heavy atom. The molecule has 2 aromatic rings. The summed E-state index contributed by atoms with van der Waals surface area (Å²) >= 11 is 0. The summed E-state index contributed by atoms with van der Waals surface area (Å²) in [6.45, 7) is 0.361. The van der Waals surface area contributed by atoms with Crippen LogP contribution in [0.5, 0.6) is 0 Å². The lowest BCUT2D eigenvalue weighted by molar-refractivity contribution is -0.131. The number of aromatic amines is 1. The minimum absolute atomic E-state index is 0.0927. The molecule has 0 bridgehead atoms. The van der Waals surface area contributed by atoms with Crippen LogP contribution in [0, 0.1) is 0 Å². The van der Waals surface area contributed by atoms with Crippen molar-refractivity contribution in [1.82, 2.24) is 15.2 Å². The molecule has 0 aliphatic rings. The van der Waals surface area contributed by atoms with Crippen LogP contribution >= 0.6 is 0 Å². The Hall–Kier alpha value is -2.34. The second-order valence-electron chi connectivity index (χ2n) is 5.35. The molecule has 0 unspecified atom stereocenters. The molecule has 1 aromatic carbocycles. The van der Waals surface area contributed by atoms with Crippen LogP contribution in [0.1, 0.15) is 12.0 Å². The van der Waals surface area contributed by atoms with Gasteiger partial charge in [0.25, 0.3) is 0 Å². The first-order chi connectivity index (χ1) is 10.5. The number of rotatable bonds is 6. The lowest BCUT2D eigenvalue weighted by Gasteiger charge is -2.21. The maximum Gasteiger partial charge on any atom is 0.239 e. The number of aromatic nitrogens is 1. The maximum absolute atomic E-state index is 12.3. The van der Waals surface area contributed by atoms with Crippen LogP contribution in [0.3, 0.4) is 0 Å². The number of nitrogens with zero attached hydrogens (tertiary/aromatic N) is 1. The molecule has 0 fully saturated rings. The van der Waals surface area contributed by atoms with Crippen LogP contribution in [0.25, 0.3) is 10.9 Å². The first-order valence-corrected chi connectivity index (χ1v) is 7.29. The number of carbonyl (C=O) groups is 2. The van der Waals surface area contributed by atoms with E-state index in [0.29, 0.717) is 13.0 Å². The maximum atomic E-state index is 12.3. The van der Waals surface area contributed by atoms with Crippen molar-refractivity contribution < 1.29 is 9.59 Å². The van der Waals surface area contributed by atoms with Crippen molar-refractivity contribution >= 4 is 22.7 Å². The van der Waals surface area contributed by atoms with Gasteiger partial charge in [0.15, 0.2) is 0 Å². The van der Waals surface area contributed by atoms with Gasteiger partial charge in [0, 0.05) is 44.2 Å². The summed E-state index contributed by atoms with van der Waals surface area (Å²) < 4.78 is 0. The van der Waals surface area contributed by atoms with Crippen LogP contribution in [-0.2, 0) is 16.0 Å². The minimum atomic E-state index is -0.617. The number of nitrogens with one attached hydrogen (secondary N) is 2. The quantitative estimate of drug-likeness (QED) is 0.731. The third kappa shape index (κ3) is 3.65. The Labute approximate surface area is 129 Å². The molecule has 22 heavy (non-hydrogen) atoms. The smallest absolute Gasteiger partial charge is 0.239 e. The number of likely N-dealkylation sites (N-methyl/N-ethyl adjacent to an activating group) is 1. The zero-order valence-corrected chi connectivity index (χ0v) is 12.9. The summed E-state index contributed by atoms with van der Waals surface area (Å²) in [4.78, 5) is 28.2. The fraction of sp³-hybridized carbons (Fsp3) is 0.375. The van der Waals surface area contributed by atoms with Crippen molar-refractivity contribution in [3.05, 3.63) is 36.0 Å². The first kappa shape index (κ1) is 16.0. The van der Waals surface area contributed by atoms with Crippen molar-refractivity contribution in [2.24, 2.45) is 5.73 Å². The van der Waals surface area contributed by atoms with Gasteiger partial charge in [0.2, 0.25) is 11.8 Å². The highest BCUT2D eigenvalue weighted by molar-refractivity contribution is 5.86. The second kappa shape index (κ2) is 7.09. The lowest BCUT2D eigenvalue weighted by Crippen LogP contribution is -2.44. The molecule has 1 aromatic heterocycles. The van der Waals surface area contributed by atoms with Gasteiger partial charge in [-0.1, -0.05) is 18.2 Å². The minimum Gasteiger partial charge on any atom is -0.361 e. The molecule has 0 saturated heterocycles. The largest absolute Gasteiger partial charge is 0.361 e. The molecule has 2 rings (SSSR count). The highest BCUT2D eigenvalue weighted by atomic mass is 16.2. The van der Waals surface area contributed by atoms with Gasteiger partial charge < -0.3 is 20.9 Å². The number of carbonyl (C=O) groups excluding carboxylic acids is 2. The van der Waals surface area contributed by atoms with E-state index in [1.54, 1.807) is 14.1 Å². The van der Waals surface area contributed by atoms with Gasteiger partial charge in [-0.15, -0.1) is 0 Å².